The molecule has 0 fully saturated rings. The zero-order chi connectivity index (χ0) is 17.6. The lowest BCUT2D eigenvalue weighted by molar-refractivity contribution is 0.174. The number of benzene rings is 2. The Morgan fingerprint density at radius 1 is 1.04 bits per heavy atom. The maximum atomic E-state index is 9.55. The molecule has 1 heterocycles. The Hall–Kier alpha value is -3.13. The lowest BCUT2D eigenvalue weighted by Gasteiger charge is -2.11. The normalized spacial score (nSPS) is 12.6. The molecular weight excluding hydrogens is 318 g/mol. The maximum Gasteiger partial charge on any atom is 0.231 e. The number of ether oxygens (including phenoxy) is 4. The zero-order valence-corrected chi connectivity index (χ0v) is 14.2. The quantitative estimate of drug-likeness (QED) is 0.582. The third-order valence-corrected chi connectivity index (χ3v) is 3.68. The van der Waals surface area contributed by atoms with Crippen LogP contribution in [0.2, 0.25) is 0 Å². The molecule has 0 aliphatic carbocycles. The number of fused-ring (bicyclic) bond motifs is 1. The molecule has 2 aromatic carbocycles. The van der Waals surface area contributed by atoms with Crippen molar-refractivity contribution in [3.05, 3.63) is 47.5 Å². The Morgan fingerprint density at radius 3 is 2.56 bits per heavy atom. The summed E-state index contributed by atoms with van der Waals surface area (Å²) in [5, 5.41) is 9.55. The molecule has 0 spiro atoms. The van der Waals surface area contributed by atoms with E-state index in [9.17, 15) is 5.26 Å². The van der Waals surface area contributed by atoms with Gasteiger partial charge in [0, 0.05) is 0 Å². The van der Waals surface area contributed by atoms with E-state index in [0.29, 0.717) is 41.8 Å². The monoisotopic (exact) mass is 337 g/mol. The Morgan fingerprint density at radius 2 is 1.80 bits per heavy atom. The van der Waals surface area contributed by atoms with E-state index >= 15 is 0 Å². The number of nitrogens with zero attached hydrogens (tertiary/aromatic N) is 1. The van der Waals surface area contributed by atoms with E-state index in [2.05, 4.69) is 6.07 Å². The van der Waals surface area contributed by atoms with Crippen LogP contribution in [0.15, 0.2) is 36.4 Å². The second-order valence-corrected chi connectivity index (χ2v) is 5.31. The van der Waals surface area contributed by atoms with Crippen LogP contribution in [0.25, 0.3) is 11.6 Å². The Kier molecular flexibility index (Phi) is 5.10. The highest BCUT2D eigenvalue weighted by Gasteiger charge is 2.15. The minimum absolute atomic E-state index is 0.209. The largest absolute Gasteiger partial charge is 0.490 e. The maximum absolute atomic E-state index is 9.55. The summed E-state index contributed by atoms with van der Waals surface area (Å²) >= 11 is 0. The van der Waals surface area contributed by atoms with Crippen molar-refractivity contribution in [1.82, 2.24) is 0 Å². The van der Waals surface area contributed by atoms with E-state index < -0.39 is 0 Å². The fraction of sp³-hybridized carbons (Fsp3) is 0.250. The first-order valence-electron chi connectivity index (χ1n) is 8.16. The molecule has 0 atom stereocenters. The molecule has 0 bridgehead atoms. The van der Waals surface area contributed by atoms with Crippen molar-refractivity contribution in [3.8, 4) is 29.1 Å². The third kappa shape index (κ3) is 3.69. The second kappa shape index (κ2) is 7.63. The zero-order valence-electron chi connectivity index (χ0n) is 14.2. The smallest absolute Gasteiger partial charge is 0.231 e. The van der Waals surface area contributed by atoms with Crippen molar-refractivity contribution in [2.75, 3.05) is 20.0 Å². The van der Waals surface area contributed by atoms with Crippen molar-refractivity contribution in [2.24, 2.45) is 0 Å². The minimum Gasteiger partial charge on any atom is -0.490 e. The van der Waals surface area contributed by atoms with Crippen molar-refractivity contribution >= 4 is 11.6 Å². The van der Waals surface area contributed by atoms with Gasteiger partial charge in [0.1, 0.15) is 0 Å². The van der Waals surface area contributed by atoms with Gasteiger partial charge in [-0.3, -0.25) is 0 Å². The van der Waals surface area contributed by atoms with Gasteiger partial charge in [-0.15, -0.1) is 0 Å². The van der Waals surface area contributed by atoms with Crippen LogP contribution in [0, 0.1) is 11.3 Å². The van der Waals surface area contributed by atoms with Gasteiger partial charge in [0.15, 0.2) is 23.0 Å². The molecule has 3 rings (SSSR count). The summed E-state index contributed by atoms with van der Waals surface area (Å²) in [4.78, 5) is 0. The molecule has 1 aliphatic rings. The molecule has 0 unspecified atom stereocenters. The highest BCUT2D eigenvalue weighted by Crippen LogP contribution is 2.35. The Balaban J connectivity index is 1.94. The van der Waals surface area contributed by atoms with Gasteiger partial charge >= 0.3 is 0 Å². The number of hydrogen-bond acceptors (Lipinski definition) is 5. The number of nitriles is 1. The predicted molar refractivity (Wildman–Crippen MR) is 94.8 cm³/mol. The minimum atomic E-state index is 0.209. The van der Waals surface area contributed by atoms with Gasteiger partial charge < -0.3 is 18.9 Å². The van der Waals surface area contributed by atoms with E-state index in [0.717, 1.165) is 11.1 Å². The first-order chi connectivity index (χ1) is 12.2. The van der Waals surface area contributed by atoms with Gasteiger partial charge in [-0.05, 0) is 61.4 Å². The van der Waals surface area contributed by atoms with Crippen molar-refractivity contribution in [2.45, 2.75) is 13.8 Å². The average Bonchev–Trinajstić information content (AvgIpc) is 3.10. The summed E-state index contributed by atoms with van der Waals surface area (Å²) in [6, 6.07) is 13.3. The molecular formula is C20H19NO4. The van der Waals surface area contributed by atoms with Crippen LogP contribution < -0.4 is 18.9 Å². The van der Waals surface area contributed by atoms with Gasteiger partial charge in [0.05, 0.1) is 24.9 Å². The lowest BCUT2D eigenvalue weighted by Crippen LogP contribution is -1.98. The summed E-state index contributed by atoms with van der Waals surface area (Å²) in [5.74, 6) is 2.71. The first kappa shape index (κ1) is 16.7. The number of hydrogen-bond donors (Lipinski definition) is 0. The fourth-order valence-corrected chi connectivity index (χ4v) is 2.57. The van der Waals surface area contributed by atoms with Crippen LogP contribution in [-0.4, -0.2) is 20.0 Å². The molecule has 2 aromatic rings. The summed E-state index contributed by atoms with van der Waals surface area (Å²) < 4.78 is 21.9. The molecule has 0 radical (unpaired) electrons. The lowest BCUT2D eigenvalue weighted by atomic mass is 10.0. The van der Waals surface area contributed by atoms with Crippen LogP contribution in [0.5, 0.6) is 23.0 Å². The number of rotatable bonds is 6. The fourth-order valence-electron chi connectivity index (χ4n) is 2.57. The van der Waals surface area contributed by atoms with E-state index in [4.69, 9.17) is 18.9 Å². The molecule has 128 valence electrons. The van der Waals surface area contributed by atoms with Crippen LogP contribution in [-0.2, 0) is 0 Å². The summed E-state index contributed by atoms with van der Waals surface area (Å²) in [7, 11) is 0. The van der Waals surface area contributed by atoms with Gasteiger partial charge in [-0.1, -0.05) is 6.07 Å². The molecule has 5 nitrogen and oxygen atoms in total. The van der Waals surface area contributed by atoms with E-state index in [1.165, 1.54) is 0 Å². The molecule has 25 heavy (non-hydrogen) atoms. The predicted octanol–water partition coefficient (Wildman–Crippen LogP) is 4.28. The van der Waals surface area contributed by atoms with Crippen molar-refractivity contribution in [3.63, 3.8) is 0 Å². The third-order valence-electron chi connectivity index (χ3n) is 3.68. The van der Waals surface area contributed by atoms with Crippen molar-refractivity contribution in [1.29, 1.82) is 5.26 Å². The molecule has 5 heteroatoms. The van der Waals surface area contributed by atoms with E-state index in [1.54, 1.807) is 0 Å². The highest BCUT2D eigenvalue weighted by atomic mass is 16.7. The van der Waals surface area contributed by atoms with E-state index in [1.807, 2.05) is 56.3 Å². The van der Waals surface area contributed by atoms with Gasteiger partial charge in [0.2, 0.25) is 6.79 Å². The van der Waals surface area contributed by atoms with E-state index in [-0.39, 0.29) is 6.79 Å². The van der Waals surface area contributed by atoms with Gasteiger partial charge in [0.25, 0.3) is 0 Å². The van der Waals surface area contributed by atoms with Crippen LogP contribution >= 0.6 is 0 Å². The highest BCUT2D eigenvalue weighted by molar-refractivity contribution is 5.90. The topological polar surface area (TPSA) is 60.7 Å². The van der Waals surface area contributed by atoms with Crippen molar-refractivity contribution < 1.29 is 18.9 Å². The SMILES string of the molecule is CCOc1ccc(/C=C(/C#N)c2ccc3c(c2)OCO3)cc1OCC. The van der Waals surface area contributed by atoms with Crippen LogP contribution in [0.4, 0.5) is 0 Å². The summed E-state index contributed by atoms with van der Waals surface area (Å²) in [5.41, 5.74) is 2.17. The number of allylic oxidation sites excluding steroid dienone is 1. The Labute approximate surface area is 147 Å². The van der Waals surface area contributed by atoms with Gasteiger partial charge in [-0.2, -0.15) is 5.26 Å². The summed E-state index contributed by atoms with van der Waals surface area (Å²) in [6.45, 7) is 5.17. The summed E-state index contributed by atoms with van der Waals surface area (Å²) in [6.07, 6.45) is 1.82. The molecule has 0 saturated carbocycles. The van der Waals surface area contributed by atoms with Crippen LogP contribution in [0.1, 0.15) is 25.0 Å². The standard InChI is InChI=1S/C20H19NO4/c1-3-22-17-7-5-14(10-19(17)23-4-2)9-16(12-21)15-6-8-18-20(11-15)25-13-24-18/h5-11H,3-4,13H2,1-2H3/b16-9-. The molecule has 0 N–H and O–H groups in total. The van der Waals surface area contributed by atoms with Crippen LogP contribution in [0.3, 0.4) is 0 Å². The van der Waals surface area contributed by atoms with Gasteiger partial charge in [-0.25, -0.2) is 0 Å². The first-order valence-corrected chi connectivity index (χ1v) is 8.16. The average molecular weight is 337 g/mol. The molecule has 0 amide bonds. The molecule has 1 aliphatic heterocycles. The second-order valence-electron chi connectivity index (χ2n) is 5.31. The molecule has 0 aromatic heterocycles. The Bertz CT molecular complexity index is 836. The molecule has 0 saturated heterocycles.